The van der Waals surface area contributed by atoms with Crippen LogP contribution in [0.1, 0.15) is 32.1 Å². The van der Waals surface area contributed by atoms with Crippen molar-refractivity contribution in [3.63, 3.8) is 0 Å². The Hall–Kier alpha value is -3.14. The molecule has 1 atom stereocenters. The van der Waals surface area contributed by atoms with Crippen LogP contribution in [0.4, 0.5) is 14.6 Å². The van der Waals surface area contributed by atoms with Crippen molar-refractivity contribution >= 4 is 39.1 Å². The van der Waals surface area contributed by atoms with Crippen molar-refractivity contribution in [1.29, 1.82) is 0 Å². The van der Waals surface area contributed by atoms with E-state index in [0.29, 0.717) is 34.1 Å². The van der Waals surface area contributed by atoms with Crippen molar-refractivity contribution in [1.82, 2.24) is 25.2 Å². The summed E-state index contributed by atoms with van der Waals surface area (Å²) in [6.45, 7) is 4.37. The predicted octanol–water partition coefficient (Wildman–Crippen LogP) is 5.58. The minimum absolute atomic E-state index is 0.00544. The molecule has 7 nitrogen and oxygen atoms in total. The first-order chi connectivity index (χ1) is 19.4. The molecule has 10 heteroatoms. The average Bonchev–Trinajstić information content (AvgIpc) is 3.72. The van der Waals surface area contributed by atoms with Crippen molar-refractivity contribution in [2.75, 3.05) is 44.7 Å². The molecule has 0 aliphatic carbocycles. The van der Waals surface area contributed by atoms with Gasteiger partial charge in [-0.25, -0.2) is 8.78 Å². The molecule has 40 heavy (non-hydrogen) atoms. The molecule has 7 rings (SSSR count). The molecule has 1 N–H and O–H groups in total. The van der Waals surface area contributed by atoms with Gasteiger partial charge in [-0.2, -0.15) is 9.97 Å². The normalized spacial score (nSPS) is 20.4. The van der Waals surface area contributed by atoms with Crippen LogP contribution in [-0.2, 0) is 0 Å². The van der Waals surface area contributed by atoms with Crippen molar-refractivity contribution in [3.05, 3.63) is 53.2 Å². The monoisotopic (exact) mass is 564 g/mol. The Kier molecular flexibility index (Phi) is 6.48. The first kappa shape index (κ1) is 25.8. The minimum atomic E-state index is -0.613. The lowest BCUT2D eigenvalue weighted by molar-refractivity contribution is 0.108. The van der Waals surface area contributed by atoms with E-state index in [0.717, 1.165) is 58.3 Å². The lowest BCUT2D eigenvalue weighted by Gasteiger charge is -2.31. The van der Waals surface area contributed by atoms with E-state index in [2.05, 4.69) is 25.1 Å². The van der Waals surface area contributed by atoms with Gasteiger partial charge in [-0.15, -0.1) is 0 Å². The highest BCUT2D eigenvalue weighted by atomic mass is 35.5. The molecule has 3 aliphatic heterocycles. The van der Waals surface area contributed by atoms with Crippen molar-refractivity contribution < 1.29 is 13.5 Å². The summed E-state index contributed by atoms with van der Waals surface area (Å²) in [5.41, 5.74) is 0.594. The first-order valence-corrected chi connectivity index (χ1v) is 14.4. The summed E-state index contributed by atoms with van der Waals surface area (Å²) >= 11 is 6.38. The van der Waals surface area contributed by atoms with Gasteiger partial charge >= 0.3 is 6.01 Å². The molecular weight excluding hydrogens is 534 g/mol. The molecule has 0 spiro atoms. The molecule has 0 unspecified atom stereocenters. The summed E-state index contributed by atoms with van der Waals surface area (Å²) < 4.78 is 37.2. The van der Waals surface area contributed by atoms with Crippen LogP contribution in [0.3, 0.4) is 0 Å². The Morgan fingerprint density at radius 2 is 1.98 bits per heavy atom. The number of nitrogens with zero attached hydrogens (tertiary/aromatic N) is 5. The van der Waals surface area contributed by atoms with E-state index in [4.69, 9.17) is 21.3 Å². The fourth-order valence-corrected chi connectivity index (χ4v) is 7.13. The molecule has 0 radical (unpaired) electrons. The van der Waals surface area contributed by atoms with E-state index in [-0.39, 0.29) is 33.8 Å². The highest BCUT2D eigenvalue weighted by Gasteiger charge is 2.45. The Labute approximate surface area is 236 Å². The SMILES string of the molecule is CN(c1nc(OCC23CCCN2CCC3)nc2c(F)c(-c3cccc4ccc(F)c(Cl)c34)ncc12)[C@@H]1CCNC1. The molecule has 2 aromatic carbocycles. The minimum Gasteiger partial charge on any atom is -0.461 e. The number of ether oxygens (including phenoxy) is 1. The number of halogens is 3. The summed E-state index contributed by atoms with van der Waals surface area (Å²) in [6, 6.07) is 8.60. The molecule has 0 amide bonds. The van der Waals surface area contributed by atoms with E-state index >= 15 is 4.39 Å². The number of nitrogens with one attached hydrogen (secondary N) is 1. The van der Waals surface area contributed by atoms with E-state index in [1.54, 1.807) is 24.4 Å². The zero-order chi connectivity index (χ0) is 27.4. The zero-order valence-corrected chi connectivity index (χ0v) is 23.1. The quantitative estimate of drug-likeness (QED) is 0.328. The lowest BCUT2D eigenvalue weighted by atomic mass is 9.95. The van der Waals surface area contributed by atoms with Gasteiger partial charge in [-0.05, 0) is 63.2 Å². The van der Waals surface area contributed by atoms with Gasteiger partial charge in [-0.1, -0.05) is 35.9 Å². The first-order valence-electron chi connectivity index (χ1n) is 14.0. The topological polar surface area (TPSA) is 66.4 Å². The fourth-order valence-electron chi connectivity index (χ4n) is 6.85. The van der Waals surface area contributed by atoms with Crippen molar-refractivity contribution in [2.24, 2.45) is 0 Å². The van der Waals surface area contributed by atoms with Crippen LogP contribution in [0, 0.1) is 11.6 Å². The summed E-state index contributed by atoms with van der Waals surface area (Å²) in [6.07, 6.45) is 7.03. The molecule has 4 aromatic rings. The summed E-state index contributed by atoms with van der Waals surface area (Å²) in [4.78, 5) is 18.5. The second kappa shape index (κ2) is 10.0. The number of anilines is 1. The molecule has 5 heterocycles. The number of pyridine rings is 1. The Morgan fingerprint density at radius 3 is 2.75 bits per heavy atom. The second-order valence-electron chi connectivity index (χ2n) is 11.2. The molecule has 0 bridgehead atoms. The summed E-state index contributed by atoms with van der Waals surface area (Å²) in [7, 11) is 1.97. The van der Waals surface area contributed by atoms with Gasteiger partial charge in [0.2, 0.25) is 0 Å². The molecule has 3 saturated heterocycles. The maximum atomic E-state index is 16.5. The smallest absolute Gasteiger partial charge is 0.319 e. The third-order valence-electron chi connectivity index (χ3n) is 9.03. The highest BCUT2D eigenvalue weighted by molar-refractivity contribution is 6.36. The molecular formula is C30H31ClF2N6O. The fraction of sp³-hybridized carbons (Fsp3) is 0.433. The lowest BCUT2D eigenvalue weighted by Crippen LogP contribution is -2.43. The van der Waals surface area contributed by atoms with Gasteiger partial charge in [0.05, 0.1) is 15.9 Å². The summed E-state index contributed by atoms with van der Waals surface area (Å²) in [5.74, 6) is -0.596. The van der Waals surface area contributed by atoms with Gasteiger partial charge in [0.25, 0.3) is 0 Å². The Morgan fingerprint density at radius 1 is 1.15 bits per heavy atom. The Balaban J connectivity index is 1.36. The molecule has 3 aliphatic rings. The van der Waals surface area contributed by atoms with Crippen molar-refractivity contribution in [3.8, 4) is 17.3 Å². The zero-order valence-electron chi connectivity index (χ0n) is 22.4. The van der Waals surface area contributed by atoms with Gasteiger partial charge in [0, 0.05) is 36.8 Å². The molecule has 208 valence electrons. The highest BCUT2D eigenvalue weighted by Crippen LogP contribution is 2.40. The largest absolute Gasteiger partial charge is 0.461 e. The second-order valence-corrected chi connectivity index (χ2v) is 11.6. The standard InChI is InChI=1S/C30H31ClF2N6O/c1-38(19-9-12-34-15-19)28-21-16-35-26(20-6-2-5-18-7-8-22(32)24(31)23(18)20)25(33)27(21)36-29(37-28)40-17-30-10-3-13-39(30)14-4-11-30/h2,5-8,16,19,34H,3-4,9-15,17H2,1H3/t19-/m1/s1. The predicted molar refractivity (Wildman–Crippen MR) is 153 cm³/mol. The van der Waals surface area contributed by atoms with Gasteiger partial charge < -0.3 is 15.0 Å². The van der Waals surface area contributed by atoms with Gasteiger partial charge in [-0.3, -0.25) is 9.88 Å². The van der Waals surface area contributed by atoms with Gasteiger partial charge in [0.15, 0.2) is 5.82 Å². The van der Waals surface area contributed by atoms with E-state index in [1.165, 1.54) is 6.07 Å². The van der Waals surface area contributed by atoms with Crippen LogP contribution in [0.15, 0.2) is 36.5 Å². The number of fused-ring (bicyclic) bond motifs is 3. The average molecular weight is 565 g/mol. The van der Waals surface area contributed by atoms with Crippen LogP contribution in [0.2, 0.25) is 5.02 Å². The van der Waals surface area contributed by atoms with Crippen LogP contribution < -0.4 is 15.0 Å². The van der Waals surface area contributed by atoms with Crippen molar-refractivity contribution in [2.45, 2.75) is 43.7 Å². The number of aromatic nitrogens is 3. The van der Waals surface area contributed by atoms with E-state index < -0.39 is 11.6 Å². The Bertz CT molecular complexity index is 1600. The number of rotatable bonds is 6. The molecule has 2 aromatic heterocycles. The third kappa shape index (κ3) is 4.17. The van der Waals surface area contributed by atoms with Gasteiger partial charge in [0.1, 0.15) is 29.5 Å². The number of hydrogen-bond acceptors (Lipinski definition) is 7. The third-order valence-corrected chi connectivity index (χ3v) is 9.40. The van der Waals surface area contributed by atoms with E-state index in [1.807, 2.05) is 13.1 Å². The van der Waals surface area contributed by atoms with Crippen LogP contribution in [0.5, 0.6) is 6.01 Å². The maximum Gasteiger partial charge on any atom is 0.319 e. The number of hydrogen-bond donors (Lipinski definition) is 1. The van der Waals surface area contributed by atoms with E-state index in [9.17, 15) is 4.39 Å². The van der Waals surface area contributed by atoms with Crippen LogP contribution >= 0.6 is 11.6 Å². The number of benzene rings is 2. The molecule has 3 fully saturated rings. The maximum absolute atomic E-state index is 16.5. The molecule has 0 saturated carbocycles. The number of likely N-dealkylation sites (N-methyl/N-ethyl adjacent to an activating group) is 1. The van der Waals surface area contributed by atoms with Crippen LogP contribution in [0.25, 0.3) is 32.9 Å². The van der Waals surface area contributed by atoms with Crippen LogP contribution in [-0.4, -0.2) is 71.3 Å². The summed E-state index contributed by atoms with van der Waals surface area (Å²) in [5, 5.41) is 4.94.